The van der Waals surface area contributed by atoms with E-state index in [-0.39, 0.29) is 23.7 Å². The molecule has 108 valence electrons. The molecular formula is C16H21NO3. The zero-order valence-electron chi connectivity index (χ0n) is 12.4. The molecule has 20 heavy (non-hydrogen) atoms. The van der Waals surface area contributed by atoms with E-state index in [0.29, 0.717) is 5.56 Å². The summed E-state index contributed by atoms with van der Waals surface area (Å²) in [4.78, 5) is 26.4. The summed E-state index contributed by atoms with van der Waals surface area (Å²) in [7, 11) is 0. The van der Waals surface area contributed by atoms with Crippen molar-refractivity contribution < 1.29 is 14.3 Å². The molecule has 0 radical (unpaired) electrons. The van der Waals surface area contributed by atoms with Gasteiger partial charge in [0, 0.05) is 11.5 Å². The van der Waals surface area contributed by atoms with Crippen molar-refractivity contribution in [1.29, 1.82) is 0 Å². The van der Waals surface area contributed by atoms with E-state index in [1.165, 1.54) is 0 Å². The second-order valence-corrected chi connectivity index (χ2v) is 5.84. The third-order valence-corrected chi connectivity index (χ3v) is 3.51. The Morgan fingerprint density at radius 3 is 2.20 bits per heavy atom. The second kappa shape index (κ2) is 5.65. The van der Waals surface area contributed by atoms with E-state index >= 15 is 0 Å². The van der Waals surface area contributed by atoms with Crippen molar-refractivity contribution in [3.8, 4) is 0 Å². The number of nitrogens with zero attached hydrogens (tertiary/aromatic N) is 1. The number of carbonyl (C=O) groups is 2. The maximum atomic E-state index is 12.7. The van der Waals surface area contributed by atoms with E-state index in [9.17, 15) is 9.59 Å². The highest BCUT2D eigenvalue weighted by Crippen LogP contribution is 2.30. The summed E-state index contributed by atoms with van der Waals surface area (Å²) in [5.74, 6) is -0.355. The fourth-order valence-electron chi connectivity index (χ4n) is 2.54. The van der Waals surface area contributed by atoms with Crippen LogP contribution in [0.3, 0.4) is 0 Å². The molecule has 1 aromatic carbocycles. The Morgan fingerprint density at radius 2 is 1.70 bits per heavy atom. The molecule has 0 aliphatic carbocycles. The Hall–Kier alpha value is -1.84. The van der Waals surface area contributed by atoms with E-state index in [0.717, 1.165) is 0 Å². The molecule has 1 fully saturated rings. The highest BCUT2D eigenvalue weighted by molar-refractivity contribution is 5.98. The van der Waals surface area contributed by atoms with Crippen LogP contribution in [0.1, 0.15) is 38.1 Å². The van der Waals surface area contributed by atoms with Crippen molar-refractivity contribution >= 4 is 11.9 Å². The zero-order valence-corrected chi connectivity index (χ0v) is 12.4. The van der Waals surface area contributed by atoms with E-state index in [1.807, 2.05) is 45.9 Å². The molecule has 0 saturated carbocycles. The first kappa shape index (κ1) is 14.6. The lowest BCUT2D eigenvalue weighted by Gasteiger charge is -2.30. The lowest BCUT2D eigenvalue weighted by atomic mass is 10.0. The number of amides is 1. The van der Waals surface area contributed by atoms with E-state index in [1.54, 1.807) is 17.0 Å². The molecule has 2 rings (SSSR count). The van der Waals surface area contributed by atoms with E-state index in [2.05, 4.69) is 0 Å². The summed E-state index contributed by atoms with van der Waals surface area (Å²) in [5.41, 5.74) is 0.585. The van der Waals surface area contributed by atoms with Gasteiger partial charge in [-0.2, -0.15) is 0 Å². The zero-order chi connectivity index (χ0) is 14.9. The van der Waals surface area contributed by atoms with E-state index in [4.69, 9.17) is 4.74 Å². The Bertz CT molecular complexity index is 496. The van der Waals surface area contributed by atoms with Gasteiger partial charge in [-0.05, 0) is 18.1 Å². The van der Waals surface area contributed by atoms with Crippen molar-refractivity contribution in [2.24, 2.45) is 11.8 Å². The van der Waals surface area contributed by atoms with Gasteiger partial charge in [0.1, 0.15) is 6.04 Å². The van der Waals surface area contributed by atoms with Gasteiger partial charge in [-0.25, -0.2) is 4.79 Å². The average molecular weight is 275 g/mol. The molecule has 1 aliphatic heterocycles. The standard InChI is InChI=1S/C16H21NO3/c1-10(2)13-16(19)20-15(11(3)4)17(13)14(18)12-8-6-5-7-9-12/h5-11,13,15H,1-4H3/t13-,15-/m0/s1. The lowest BCUT2D eigenvalue weighted by Crippen LogP contribution is -2.46. The number of cyclic esters (lactones) is 1. The highest BCUT2D eigenvalue weighted by atomic mass is 16.6. The van der Waals surface area contributed by atoms with Gasteiger partial charge in [0.2, 0.25) is 0 Å². The molecule has 0 N–H and O–H groups in total. The first-order valence-electron chi connectivity index (χ1n) is 7.01. The summed E-state index contributed by atoms with van der Waals surface area (Å²) in [5, 5.41) is 0. The molecule has 4 nitrogen and oxygen atoms in total. The van der Waals surface area contributed by atoms with Gasteiger partial charge in [-0.1, -0.05) is 45.9 Å². The molecule has 4 heteroatoms. The molecule has 1 aliphatic rings. The maximum absolute atomic E-state index is 12.7. The third-order valence-electron chi connectivity index (χ3n) is 3.51. The number of benzene rings is 1. The molecule has 1 heterocycles. The Balaban J connectivity index is 2.37. The number of hydrogen-bond acceptors (Lipinski definition) is 3. The minimum absolute atomic E-state index is 0.0268. The van der Waals surface area contributed by atoms with Gasteiger partial charge in [0.05, 0.1) is 0 Å². The van der Waals surface area contributed by atoms with Crippen LogP contribution in [0.2, 0.25) is 0 Å². The summed E-state index contributed by atoms with van der Waals surface area (Å²) in [6.45, 7) is 7.76. The maximum Gasteiger partial charge on any atom is 0.331 e. The molecule has 0 unspecified atom stereocenters. The molecule has 1 aromatic rings. The van der Waals surface area contributed by atoms with Gasteiger partial charge in [-0.15, -0.1) is 0 Å². The lowest BCUT2D eigenvalue weighted by molar-refractivity contribution is -0.144. The Morgan fingerprint density at radius 1 is 1.10 bits per heavy atom. The highest BCUT2D eigenvalue weighted by Gasteiger charge is 2.47. The summed E-state index contributed by atoms with van der Waals surface area (Å²) < 4.78 is 5.42. The van der Waals surface area contributed by atoms with Crippen LogP contribution in [0, 0.1) is 11.8 Å². The van der Waals surface area contributed by atoms with Gasteiger partial charge in [0.15, 0.2) is 6.23 Å². The number of carbonyl (C=O) groups excluding carboxylic acids is 2. The van der Waals surface area contributed by atoms with Crippen LogP contribution in [0.5, 0.6) is 0 Å². The van der Waals surface area contributed by atoms with Crippen molar-refractivity contribution in [1.82, 2.24) is 4.90 Å². The Labute approximate surface area is 119 Å². The second-order valence-electron chi connectivity index (χ2n) is 5.84. The van der Waals surface area contributed by atoms with E-state index < -0.39 is 12.3 Å². The van der Waals surface area contributed by atoms with Crippen LogP contribution in [-0.2, 0) is 9.53 Å². The normalized spacial score (nSPS) is 22.5. The van der Waals surface area contributed by atoms with Gasteiger partial charge in [-0.3, -0.25) is 9.69 Å². The monoisotopic (exact) mass is 275 g/mol. The molecule has 1 saturated heterocycles. The number of ether oxygens (including phenoxy) is 1. The smallest absolute Gasteiger partial charge is 0.331 e. The minimum Gasteiger partial charge on any atom is -0.440 e. The van der Waals surface area contributed by atoms with Gasteiger partial charge >= 0.3 is 5.97 Å². The van der Waals surface area contributed by atoms with Crippen LogP contribution >= 0.6 is 0 Å². The quantitative estimate of drug-likeness (QED) is 0.797. The van der Waals surface area contributed by atoms with Crippen molar-refractivity contribution in [2.75, 3.05) is 0 Å². The molecule has 0 spiro atoms. The molecule has 0 aromatic heterocycles. The van der Waals surface area contributed by atoms with Gasteiger partial charge in [0.25, 0.3) is 5.91 Å². The fourth-order valence-corrected chi connectivity index (χ4v) is 2.54. The van der Waals surface area contributed by atoms with Crippen LogP contribution < -0.4 is 0 Å². The van der Waals surface area contributed by atoms with Crippen molar-refractivity contribution in [3.05, 3.63) is 35.9 Å². The summed E-state index contributed by atoms with van der Waals surface area (Å²) >= 11 is 0. The minimum atomic E-state index is -0.505. The van der Waals surface area contributed by atoms with Crippen LogP contribution in [-0.4, -0.2) is 29.0 Å². The largest absolute Gasteiger partial charge is 0.440 e. The first-order chi connectivity index (χ1) is 9.43. The predicted octanol–water partition coefficient (Wildman–Crippen LogP) is 2.69. The van der Waals surface area contributed by atoms with Crippen LogP contribution in [0.4, 0.5) is 0 Å². The molecule has 1 amide bonds. The Kier molecular flexibility index (Phi) is 4.12. The molecule has 2 atom stereocenters. The topological polar surface area (TPSA) is 46.6 Å². The van der Waals surface area contributed by atoms with Crippen molar-refractivity contribution in [2.45, 2.75) is 40.0 Å². The van der Waals surface area contributed by atoms with Crippen LogP contribution in [0.15, 0.2) is 30.3 Å². The van der Waals surface area contributed by atoms with Crippen molar-refractivity contribution in [3.63, 3.8) is 0 Å². The summed E-state index contributed by atoms with van der Waals surface area (Å²) in [6, 6.07) is 8.53. The summed E-state index contributed by atoms with van der Waals surface area (Å²) in [6.07, 6.45) is -0.484. The molecular weight excluding hydrogens is 254 g/mol. The van der Waals surface area contributed by atoms with Crippen LogP contribution in [0.25, 0.3) is 0 Å². The average Bonchev–Trinajstić information content (AvgIpc) is 2.76. The number of rotatable bonds is 3. The SMILES string of the molecule is CC(C)[C@H]1C(=O)O[C@@H](C(C)C)N1C(=O)c1ccccc1. The van der Waals surface area contributed by atoms with Gasteiger partial charge < -0.3 is 4.74 Å². The molecule has 0 bridgehead atoms. The third kappa shape index (κ3) is 2.55. The first-order valence-corrected chi connectivity index (χ1v) is 7.01. The number of esters is 1. The fraction of sp³-hybridized carbons (Fsp3) is 0.500. The predicted molar refractivity (Wildman–Crippen MR) is 76.0 cm³/mol. The number of hydrogen-bond donors (Lipinski definition) is 0.